The molecule has 0 spiro atoms. The van der Waals surface area contributed by atoms with E-state index in [0.29, 0.717) is 22.0 Å². The number of amides is 2. The Kier molecular flexibility index (Phi) is 4.35. The Morgan fingerprint density at radius 1 is 1.09 bits per heavy atom. The molecule has 2 N–H and O–H groups in total. The summed E-state index contributed by atoms with van der Waals surface area (Å²) in [5.41, 5.74) is 2.74. The standard InChI is InChI=1S/C18H17ClN2O2/c1-11-9-14(19)7-8-16(11)21-18(23)13-3-2-4-15(10-13)20-17(22)12-5-6-12/h2-4,7-10,12H,5-6H2,1H3,(H,20,22)(H,21,23). The van der Waals surface area contributed by atoms with E-state index in [1.54, 1.807) is 42.5 Å². The molecule has 1 fully saturated rings. The van der Waals surface area contributed by atoms with Gasteiger partial charge in [-0.1, -0.05) is 17.7 Å². The minimum absolute atomic E-state index is 0.0242. The molecule has 1 aliphatic rings. The second kappa shape index (κ2) is 6.42. The van der Waals surface area contributed by atoms with Gasteiger partial charge in [0.05, 0.1) is 0 Å². The lowest BCUT2D eigenvalue weighted by Crippen LogP contribution is -2.15. The SMILES string of the molecule is Cc1cc(Cl)ccc1NC(=O)c1cccc(NC(=O)C2CC2)c1. The van der Waals surface area contributed by atoms with Gasteiger partial charge in [0.25, 0.3) is 5.91 Å². The summed E-state index contributed by atoms with van der Waals surface area (Å²) in [4.78, 5) is 24.2. The molecule has 0 aromatic heterocycles. The second-order valence-corrected chi connectivity index (χ2v) is 6.19. The molecule has 0 bridgehead atoms. The van der Waals surface area contributed by atoms with Gasteiger partial charge in [-0.15, -0.1) is 0 Å². The Morgan fingerprint density at radius 2 is 1.87 bits per heavy atom. The van der Waals surface area contributed by atoms with Crippen molar-refractivity contribution in [3.05, 3.63) is 58.6 Å². The first-order valence-electron chi connectivity index (χ1n) is 7.51. The zero-order valence-corrected chi connectivity index (χ0v) is 13.5. The molecule has 0 heterocycles. The minimum atomic E-state index is -0.224. The van der Waals surface area contributed by atoms with E-state index in [4.69, 9.17) is 11.6 Å². The fourth-order valence-electron chi connectivity index (χ4n) is 2.29. The van der Waals surface area contributed by atoms with Crippen molar-refractivity contribution in [2.75, 3.05) is 10.6 Å². The molecule has 0 radical (unpaired) electrons. The predicted molar refractivity (Wildman–Crippen MR) is 91.9 cm³/mol. The molecular formula is C18H17ClN2O2. The highest BCUT2D eigenvalue weighted by atomic mass is 35.5. The molecule has 2 amide bonds. The number of carbonyl (C=O) groups is 2. The van der Waals surface area contributed by atoms with Gasteiger partial charge in [0, 0.05) is 27.9 Å². The van der Waals surface area contributed by atoms with Crippen LogP contribution in [0.25, 0.3) is 0 Å². The first-order chi connectivity index (χ1) is 11.0. The van der Waals surface area contributed by atoms with Gasteiger partial charge >= 0.3 is 0 Å². The molecule has 1 aliphatic carbocycles. The summed E-state index contributed by atoms with van der Waals surface area (Å²) in [5, 5.41) is 6.33. The molecule has 23 heavy (non-hydrogen) atoms. The molecule has 1 saturated carbocycles. The summed E-state index contributed by atoms with van der Waals surface area (Å²) in [7, 11) is 0. The van der Waals surface area contributed by atoms with Crippen molar-refractivity contribution < 1.29 is 9.59 Å². The van der Waals surface area contributed by atoms with Gasteiger partial charge in [0.1, 0.15) is 0 Å². The molecule has 0 aliphatic heterocycles. The average Bonchev–Trinajstić information content (AvgIpc) is 3.35. The van der Waals surface area contributed by atoms with E-state index in [-0.39, 0.29) is 17.7 Å². The molecule has 2 aromatic carbocycles. The van der Waals surface area contributed by atoms with Gasteiger partial charge < -0.3 is 10.6 Å². The zero-order chi connectivity index (χ0) is 16.4. The summed E-state index contributed by atoms with van der Waals surface area (Å²) >= 11 is 5.92. The first-order valence-corrected chi connectivity index (χ1v) is 7.89. The lowest BCUT2D eigenvalue weighted by atomic mass is 10.1. The quantitative estimate of drug-likeness (QED) is 0.881. The Bertz CT molecular complexity index is 769. The average molecular weight is 329 g/mol. The smallest absolute Gasteiger partial charge is 0.255 e. The molecule has 2 aromatic rings. The molecule has 0 saturated heterocycles. The molecule has 3 rings (SSSR count). The first kappa shape index (κ1) is 15.6. The number of anilines is 2. The second-order valence-electron chi connectivity index (χ2n) is 5.76. The van der Waals surface area contributed by atoms with Crippen molar-refractivity contribution in [2.24, 2.45) is 5.92 Å². The normalized spacial score (nSPS) is 13.5. The number of carbonyl (C=O) groups excluding carboxylic acids is 2. The number of hydrogen-bond acceptors (Lipinski definition) is 2. The van der Waals surface area contributed by atoms with E-state index in [2.05, 4.69) is 10.6 Å². The number of hydrogen-bond donors (Lipinski definition) is 2. The van der Waals surface area contributed by atoms with Gasteiger partial charge in [-0.2, -0.15) is 0 Å². The van der Waals surface area contributed by atoms with Crippen molar-refractivity contribution in [3.8, 4) is 0 Å². The van der Waals surface area contributed by atoms with Crippen LogP contribution in [0.3, 0.4) is 0 Å². The Hall–Kier alpha value is -2.33. The van der Waals surface area contributed by atoms with E-state index in [1.165, 1.54) is 0 Å². The topological polar surface area (TPSA) is 58.2 Å². The molecule has 0 unspecified atom stereocenters. The minimum Gasteiger partial charge on any atom is -0.326 e. The maximum atomic E-state index is 12.4. The predicted octanol–water partition coefficient (Wildman–Crippen LogP) is 4.25. The highest BCUT2D eigenvalue weighted by Gasteiger charge is 2.29. The van der Waals surface area contributed by atoms with Crippen LogP contribution in [0, 0.1) is 12.8 Å². The Morgan fingerprint density at radius 3 is 2.57 bits per heavy atom. The molecular weight excluding hydrogens is 312 g/mol. The molecule has 0 atom stereocenters. The highest BCUT2D eigenvalue weighted by Crippen LogP contribution is 2.30. The van der Waals surface area contributed by atoms with Crippen LogP contribution in [0.2, 0.25) is 5.02 Å². The van der Waals surface area contributed by atoms with Crippen LogP contribution in [0.1, 0.15) is 28.8 Å². The summed E-state index contributed by atoms with van der Waals surface area (Å²) in [5.74, 6) is -0.0711. The number of halogens is 1. The van der Waals surface area contributed by atoms with Crippen molar-refractivity contribution in [3.63, 3.8) is 0 Å². The van der Waals surface area contributed by atoms with Crippen LogP contribution in [0.5, 0.6) is 0 Å². The van der Waals surface area contributed by atoms with E-state index in [9.17, 15) is 9.59 Å². The third-order valence-corrected chi connectivity index (χ3v) is 4.01. The van der Waals surface area contributed by atoms with Crippen molar-refractivity contribution >= 4 is 34.8 Å². The van der Waals surface area contributed by atoms with Gasteiger partial charge in [0.15, 0.2) is 0 Å². The van der Waals surface area contributed by atoms with Crippen molar-refractivity contribution in [1.29, 1.82) is 0 Å². The Labute approximate surface area is 139 Å². The van der Waals surface area contributed by atoms with E-state index < -0.39 is 0 Å². The van der Waals surface area contributed by atoms with Crippen LogP contribution in [-0.2, 0) is 4.79 Å². The molecule has 4 nitrogen and oxygen atoms in total. The maximum Gasteiger partial charge on any atom is 0.255 e. The number of nitrogens with one attached hydrogen (secondary N) is 2. The van der Waals surface area contributed by atoms with Gasteiger partial charge in [-0.05, 0) is 61.7 Å². The van der Waals surface area contributed by atoms with Crippen LogP contribution in [0.4, 0.5) is 11.4 Å². The third kappa shape index (κ3) is 3.90. The van der Waals surface area contributed by atoms with Crippen LogP contribution in [0.15, 0.2) is 42.5 Å². The molecule has 5 heteroatoms. The number of rotatable bonds is 4. The fraction of sp³-hybridized carbons (Fsp3) is 0.222. The summed E-state index contributed by atoms with van der Waals surface area (Å²) in [6.07, 6.45) is 1.89. The zero-order valence-electron chi connectivity index (χ0n) is 12.7. The Balaban J connectivity index is 1.72. The van der Waals surface area contributed by atoms with Crippen LogP contribution < -0.4 is 10.6 Å². The van der Waals surface area contributed by atoms with Crippen LogP contribution in [-0.4, -0.2) is 11.8 Å². The largest absolute Gasteiger partial charge is 0.326 e. The number of benzene rings is 2. The van der Waals surface area contributed by atoms with E-state index in [1.807, 2.05) is 6.92 Å². The lowest BCUT2D eigenvalue weighted by Gasteiger charge is -2.10. The number of aryl methyl sites for hydroxylation is 1. The summed E-state index contributed by atoms with van der Waals surface area (Å²) in [6, 6.07) is 12.2. The van der Waals surface area contributed by atoms with Crippen LogP contribution >= 0.6 is 11.6 Å². The van der Waals surface area contributed by atoms with Gasteiger partial charge in [-0.3, -0.25) is 9.59 Å². The van der Waals surface area contributed by atoms with E-state index in [0.717, 1.165) is 18.4 Å². The maximum absolute atomic E-state index is 12.4. The summed E-state index contributed by atoms with van der Waals surface area (Å²) in [6.45, 7) is 1.88. The van der Waals surface area contributed by atoms with Crippen molar-refractivity contribution in [2.45, 2.75) is 19.8 Å². The monoisotopic (exact) mass is 328 g/mol. The highest BCUT2D eigenvalue weighted by molar-refractivity contribution is 6.30. The fourth-order valence-corrected chi connectivity index (χ4v) is 2.52. The van der Waals surface area contributed by atoms with Gasteiger partial charge in [-0.25, -0.2) is 0 Å². The van der Waals surface area contributed by atoms with E-state index >= 15 is 0 Å². The lowest BCUT2D eigenvalue weighted by molar-refractivity contribution is -0.117. The van der Waals surface area contributed by atoms with Gasteiger partial charge in [0.2, 0.25) is 5.91 Å². The van der Waals surface area contributed by atoms with Crippen molar-refractivity contribution in [1.82, 2.24) is 0 Å². The molecule has 118 valence electrons. The summed E-state index contributed by atoms with van der Waals surface area (Å²) < 4.78 is 0. The third-order valence-electron chi connectivity index (χ3n) is 3.78.